The van der Waals surface area contributed by atoms with Gasteiger partial charge in [0, 0.05) is 6.04 Å². The maximum atomic E-state index is 5.50. The fourth-order valence-electron chi connectivity index (χ4n) is 3.18. The molecule has 0 aliphatic heterocycles. The highest BCUT2D eigenvalue weighted by Gasteiger charge is 2.39. The minimum atomic E-state index is 0.227. The predicted octanol–water partition coefficient (Wildman–Crippen LogP) is 4.25. The van der Waals surface area contributed by atoms with Gasteiger partial charge < -0.3 is 9.73 Å². The van der Waals surface area contributed by atoms with Gasteiger partial charge in [0.25, 0.3) is 0 Å². The summed E-state index contributed by atoms with van der Waals surface area (Å²) in [6.07, 6.45) is 2.87. The summed E-state index contributed by atoms with van der Waals surface area (Å²) in [5.74, 6) is 1.00. The van der Waals surface area contributed by atoms with Gasteiger partial charge in [-0.25, -0.2) is 0 Å². The molecule has 19 heavy (non-hydrogen) atoms. The second kappa shape index (κ2) is 4.53. The smallest absolute Gasteiger partial charge is 0.120 e. The summed E-state index contributed by atoms with van der Waals surface area (Å²) in [7, 11) is 0. The van der Waals surface area contributed by atoms with Crippen molar-refractivity contribution in [2.45, 2.75) is 39.3 Å². The number of fused-ring (bicyclic) bond motifs is 1. The van der Waals surface area contributed by atoms with E-state index in [0.29, 0.717) is 6.04 Å². The first-order valence-corrected chi connectivity index (χ1v) is 6.95. The Morgan fingerprint density at radius 3 is 2.74 bits per heavy atom. The number of furan rings is 1. The molecule has 1 unspecified atom stereocenters. The summed E-state index contributed by atoms with van der Waals surface area (Å²) in [6, 6.07) is 13.3. The fraction of sp³-hybridized carbons (Fsp3) is 0.412. The van der Waals surface area contributed by atoms with E-state index in [2.05, 4.69) is 50.4 Å². The van der Waals surface area contributed by atoms with Crippen molar-refractivity contribution in [2.75, 3.05) is 0 Å². The van der Waals surface area contributed by atoms with Crippen LogP contribution in [0.5, 0.6) is 0 Å². The molecular weight excluding hydrogens is 234 g/mol. The van der Waals surface area contributed by atoms with E-state index in [9.17, 15) is 0 Å². The predicted molar refractivity (Wildman–Crippen MR) is 76.9 cm³/mol. The van der Waals surface area contributed by atoms with E-state index in [1.165, 1.54) is 11.1 Å². The second-order valence-corrected chi connectivity index (χ2v) is 6.20. The third kappa shape index (κ3) is 2.21. The van der Waals surface area contributed by atoms with Gasteiger partial charge in [0.1, 0.15) is 5.76 Å². The van der Waals surface area contributed by atoms with Gasteiger partial charge in [-0.1, -0.05) is 38.1 Å². The molecule has 1 aliphatic carbocycles. The summed E-state index contributed by atoms with van der Waals surface area (Å²) < 4.78 is 5.50. The van der Waals surface area contributed by atoms with E-state index < -0.39 is 0 Å². The number of hydrogen-bond donors (Lipinski definition) is 1. The zero-order chi connectivity index (χ0) is 13.5. The standard InChI is InChI=1S/C17H21NO/c1-12(15-9-6-10-19-15)18-16-14-8-5-4-7-13(14)11-17(16,2)3/h4-10,12,16,18H,11H2,1-3H3/t12-,16?/m1/s1. The highest BCUT2D eigenvalue weighted by Crippen LogP contribution is 2.45. The van der Waals surface area contributed by atoms with E-state index in [0.717, 1.165) is 12.2 Å². The van der Waals surface area contributed by atoms with Crippen LogP contribution in [-0.2, 0) is 6.42 Å². The molecule has 0 saturated heterocycles. The molecule has 0 bridgehead atoms. The van der Waals surface area contributed by atoms with Crippen LogP contribution >= 0.6 is 0 Å². The molecule has 100 valence electrons. The van der Waals surface area contributed by atoms with E-state index in [1.807, 2.05) is 12.1 Å². The van der Waals surface area contributed by atoms with Gasteiger partial charge >= 0.3 is 0 Å². The van der Waals surface area contributed by atoms with Crippen LogP contribution in [0, 0.1) is 5.41 Å². The molecule has 1 aliphatic rings. The van der Waals surface area contributed by atoms with E-state index in [1.54, 1.807) is 6.26 Å². The Kier molecular flexibility index (Phi) is 2.98. The van der Waals surface area contributed by atoms with E-state index >= 15 is 0 Å². The van der Waals surface area contributed by atoms with Crippen molar-refractivity contribution >= 4 is 0 Å². The zero-order valence-electron chi connectivity index (χ0n) is 11.8. The van der Waals surface area contributed by atoms with Crippen molar-refractivity contribution in [3.63, 3.8) is 0 Å². The number of benzene rings is 1. The lowest BCUT2D eigenvalue weighted by Gasteiger charge is -2.31. The molecule has 1 heterocycles. The molecule has 2 aromatic rings. The highest BCUT2D eigenvalue weighted by atomic mass is 16.3. The van der Waals surface area contributed by atoms with Gasteiger partial charge in [-0.15, -0.1) is 0 Å². The Balaban J connectivity index is 1.87. The van der Waals surface area contributed by atoms with Gasteiger partial charge in [0.15, 0.2) is 0 Å². The first kappa shape index (κ1) is 12.5. The first-order valence-electron chi connectivity index (χ1n) is 6.95. The Morgan fingerprint density at radius 1 is 1.21 bits per heavy atom. The molecular formula is C17H21NO. The van der Waals surface area contributed by atoms with Crippen LogP contribution in [0.25, 0.3) is 0 Å². The maximum absolute atomic E-state index is 5.50. The normalized spacial score (nSPS) is 22.2. The average Bonchev–Trinajstić information content (AvgIpc) is 2.96. The van der Waals surface area contributed by atoms with Crippen LogP contribution < -0.4 is 5.32 Å². The van der Waals surface area contributed by atoms with Crippen LogP contribution in [0.2, 0.25) is 0 Å². The Hall–Kier alpha value is -1.54. The van der Waals surface area contributed by atoms with Crippen LogP contribution in [0.1, 0.15) is 49.7 Å². The van der Waals surface area contributed by atoms with Crippen molar-refractivity contribution < 1.29 is 4.42 Å². The summed E-state index contributed by atoms with van der Waals surface area (Å²) in [5, 5.41) is 3.73. The summed E-state index contributed by atoms with van der Waals surface area (Å²) in [5.41, 5.74) is 3.15. The largest absolute Gasteiger partial charge is 0.468 e. The zero-order valence-corrected chi connectivity index (χ0v) is 11.8. The number of hydrogen-bond acceptors (Lipinski definition) is 2. The van der Waals surface area contributed by atoms with Crippen molar-refractivity contribution in [3.05, 3.63) is 59.5 Å². The number of nitrogens with one attached hydrogen (secondary N) is 1. The van der Waals surface area contributed by atoms with Gasteiger partial charge in [0.2, 0.25) is 0 Å². The third-order valence-electron chi connectivity index (χ3n) is 4.18. The molecule has 0 radical (unpaired) electrons. The van der Waals surface area contributed by atoms with Crippen molar-refractivity contribution in [1.29, 1.82) is 0 Å². The molecule has 0 spiro atoms. The summed E-state index contributed by atoms with van der Waals surface area (Å²) >= 11 is 0. The molecule has 2 heteroatoms. The second-order valence-electron chi connectivity index (χ2n) is 6.20. The summed E-state index contributed by atoms with van der Waals surface area (Å²) in [6.45, 7) is 6.83. The Morgan fingerprint density at radius 2 is 2.00 bits per heavy atom. The maximum Gasteiger partial charge on any atom is 0.120 e. The molecule has 1 N–H and O–H groups in total. The van der Waals surface area contributed by atoms with Gasteiger partial charge in [-0.2, -0.15) is 0 Å². The summed E-state index contributed by atoms with van der Waals surface area (Å²) in [4.78, 5) is 0. The molecule has 0 saturated carbocycles. The van der Waals surface area contributed by atoms with Crippen molar-refractivity contribution in [1.82, 2.24) is 5.32 Å². The Bertz CT molecular complexity index is 556. The van der Waals surface area contributed by atoms with Crippen LogP contribution in [0.4, 0.5) is 0 Å². The SMILES string of the molecule is C[C@@H](NC1c2ccccc2CC1(C)C)c1ccco1. The lowest BCUT2D eigenvalue weighted by molar-refractivity contribution is 0.243. The first-order chi connectivity index (χ1) is 9.08. The molecule has 2 atom stereocenters. The molecule has 0 fully saturated rings. The van der Waals surface area contributed by atoms with E-state index in [-0.39, 0.29) is 11.5 Å². The number of rotatable bonds is 3. The third-order valence-corrected chi connectivity index (χ3v) is 4.18. The van der Waals surface area contributed by atoms with Crippen LogP contribution in [0.3, 0.4) is 0 Å². The fourth-order valence-corrected chi connectivity index (χ4v) is 3.18. The van der Waals surface area contributed by atoms with E-state index in [4.69, 9.17) is 4.42 Å². The lowest BCUT2D eigenvalue weighted by atomic mass is 9.85. The average molecular weight is 255 g/mol. The van der Waals surface area contributed by atoms with Crippen LogP contribution in [-0.4, -0.2) is 0 Å². The molecule has 3 rings (SSSR count). The highest BCUT2D eigenvalue weighted by molar-refractivity contribution is 5.37. The minimum Gasteiger partial charge on any atom is -0.468 e. The van der Waals surface area contributed by atoms with Crippen molar-refractivity contribution in [2.24, 2.45) is 5.41 Å². The van der Waals surface area contributed by atoms with Crippen molar-refractivity contribution in [3.8, 4) is 0 Å². The van der Waals surface area contributed by atoms with Gasteiger partial charge in [-0.3, -0.25) is 0 Å². The molecule has 1 aromatic carbocycles. The molecule has 1 aromatic heterocycles. The molecule has 0 amide bonds. The van der Waals surface area contributed by atoms with Gasteiger partial charge in [0.05, 0.1) is 12.3 Å². The lowest BCUT2D eigenvalue weighted by Crippen LogP contribution is -2.32. The topological polar surface area (TPSA) is 25.2 Å². The minimum absolute atomic E-state index is 0.227. The molecule has 2 nitrogen and oxygen atoms in total. The monoisotopic (exact) mass is 255 g/mol. The Labute approximate surface area is 114 Å². The van der Waals surface area contributed by atoms with Gasteiger partial charge in [-0.05, 0) is 42.0 Å². The van der Waals surface area contributed by atoms with Crippen LogP contribution in [0.15, 0.2) is 47.1 Å². The quantitative estimate of drug-likeness (QED) is 0.886.